The first kappa shape index (κ1) is 15.7. The molecule has 0 atom stereocenters. The van der Waals surface area contributed by atoms with Crippen LogP contribution in [-0.2, 0) is 6.54 Å². The highest BCUT2D eigenvalue weighted by Crippen LogP contribution is 2.21. The summed E-state index contributed by atoms with van der Waals surface area (Å²) in [7, 11) is 0. The minimum absolute atomic E-state index is 0.0745. The van der Waals surface area contributed by atoms with E-state index >= 15 is 0 Å². The van der Waals surface area contributed by atoms with Crippen molar-refractivity contribution in [3.63, 3.8) is 0 Å². The quantitative estimate of drug-likeness (QED) is 0.570. The molecular weight excluding hydrogens is 337 g/mol. The molecule has 18 heavy (non-hydrogen) atoms. The molecule has 0 unspecified atom stereocenters. The van der Waals surface area contributed by atoms with Gasteiger partial charge in [0.25, 0.3) is 0 Å². The summed E-state index contributed by atoms with van der Waals surface area (Å²) >= 11 is 8.46. The van der Waals surface area contributed by atoms with E-state index in [0.717, 1.165) is 0 Å². The second-order valence-electron chi connectivity index (χ2n) is 3.76. The van der Waals surface area contributed by atoms with Crippen molar-refractivity contribution in [1.29, 1.82) is 0 Å². The predicted molar refractivity (Wildman–Crippen MR) is 66.2 cm³/mol. The SMILES string of the molecule is Fc1ccc(CN(CCCl)CC(F)(F)F)cc1Br. The van der Waals surface area contributed by atoms with Gasteiger partial charge in [-0.05, 0) is 33.6 Å². The monoisotopic (exact) mass is 347 g/mol. The lowest BCUT2D eigenvalue weighted by Gasteiger charge is -2.22. The average molecular weight is 349 g/mol. The fraction of sp³-hybridized carbons (Fsp3) is 0.455. The van der Waals surface area contributed by atoms with Gasteiger partial charge in [-0.2, -0.15) is 13.2 Å². The maximum Gasteiger partial charge on any atom is 0.401 e. The molecule has 1 rings (SSSR count). The Balaban J connectivity index is 2.73. The molecule has 0 aliphatic carbocycles. The minimum Gasteiger partial charge on any atom is -0.290 e. The average Bonchev–Trinajstić information content (AvgIpc) is 2.21. The maximum atomic E-state index is 13.0. The Kier molecular flexibility index (Phi) is 5.88. The first-order chi connectivity index (χ1) is 8.31. The van der Waals surface area contributed by atoms with Gasteiger partial charge in [0.2, 0.25) is 0 Å². The van der Waals surface area contributed by atoms with Crippen LogP contribution >= 0.6 is 27.5 Å². The highest BCUT2D eigenvalue weighted by molar-refractivity contribution is 9.10. The molecule has 0 radical (unpaired) electrons. The van der Waals surface area contributed by atoms with Crippen LogP contribution in [0.2, 0.25) is 0 Å². The lowest BCUT2D eigenvalue weighted by Crippen LogP contribution is -2.35. The zero-order valence-corrected chi connectivity index (χ0v) is 11.6. The van der Waals surface area contributed by atoms with Gasteiger partial charge in [0.15, 0.2) is 0 Å². The Labute approximate surface area is 116 Å². The molecule has 0 aromatic heterocycles. The fourth-order valence-corrected chi connectivity index (χ4v) is 2.15. The number of alkyl halides is 4. The summed E-state index contributed by atoms with van der Waals surface area (Å²) in [6.07, 6.45) is -4.27. The first-order valence-corrected chi connectivity index (χ1v) is 6.43. The summed E-state index contributed by atoms with van der Waals surface area (Å²) in [5, 5.41) is 0. The predicted octanol–water partition coefficient (Wildman–Crippen LogP) is 4.19. The van der Waals surface area contributed by atoms with Crippen LogP contribution in [0.25, 0.3) is 0 Å². The van der Waals surface area contributed by atoms with Gasteiger partial charge in [-0.15, -0.1) is 11.6 Å². The minimum atomic E-state index is -4.27. The van der Waals surface area contributed by atoms with Crippen molar-refractivity contribution in [2.75, 3.05) is 19.0 Å². The second kappa shape index (κ2) is 6.73. The van der Waals surface area contributed by atoms with Crippen LogP contribution in [0.1, 0.15) is 5.56 Å². The molecule has 0 heterocycles. The Morgan fingerprint density at radius 2 is 1.94 bits per heavy atom. The molecular formula is C11H11BrClF4N. The van der Waals surface area contributed by atoms with E-state index in [4.69, 9.17) is 11.6 Å². The summed E-state index contributed by atoms with van der Waals surface area (Å²) in [4.78, 5) is 1.17. The number of hydrogen-bond acceptors (Lipinski definition) is 1. The van der Waals surface area contributed by atoms with Crippen molar-refractivity contribution in [2.45, 2.75) is 12.7 Å². The van der Waals surface area contributed by atoms with Crippen LogP contribution in [0, 0.1) is 5.82 Å². The lowest BCUT2D eigenvalue weighted by molar-refractivity contribution is -0.146. The van der Waals surface area contributed by atoms with Gasteiger partial charge in [-0.3, -0.25) is 4.90 Å². The van der Waals surface area contributed by atoms with Crippen LogP contribution < -0.4 is 0 Å². The van der Waals surface area contributed by atoms with Crippen molar-refractivity contribution < 1.29 is 17.6 Å². The molecule has 0 saturated heterocycles. The largest absolute Gasteiger partial charge is 0.401 e. The smallest absolute Gasteiger partial charge is 0.290 e. The molecule has 1 nitrogen and oxygen atoms in total. The van der Waals surface area contributed by atoms with Crippen molar-refractivity contribution in [3.8, 4) is 0 Å². The van der Waals surface area contributed by atoms with Crippen molar-refractivity contribution in [2.24, 2.45) is 0 Å². The Morgan fingerprint density at radius 3 is 2.44 bits per heavy atom. The summed E-state index contributed by atoms with van der Waals surface area (Å²) in [6, 6.07) is 4.14. The summed E-state index contributed by atoms with van der Waals surface area (Å²) in [5.41, 5.74) is 0.595. The van der Waals surface area contributed by atoms with Gasteiger partial charge >= 0.3 is 6.18 Å². The van der Waals surface area contributed by atoms with Crippen LogP contribution in [0.3, 0.4) is 0 Å². The molecule has 1 aromatic rings. The van der Waals surface area contributed by atoms with Gasteiger partial charge in [-0.25, -0.2) is 4.39 Å². The molecule has 102 valence electrons. The van der Waals surface area contributed by atoms with E-state index in [2.05, 4.69) is 15.9 Å². The Morgan fingerprint density at radius 1 is 1.28 bits per heavy atom. The molecule has 0 bridgehead atoms. The molecule has 0 aliphatic rings. The van der Waals surface area contributed by atoms with E-state index in [1.54, 1.807) is 0 Å². The van der Waals surface area contributed by atoms with Crippen LogP contribution in [0.4, 0.5) is 17.6 Å². The van der Waals surface area contributed by atoms with E-state index in [1.807, 2.05) is 0 Å². The van der Waals surface area contributed by atoms with E-state index < -0.39 is 18.5 Å². The van der Waals surface area contributed by atoms with Crippen LogP contribution in [0.15, 0.2) is 22.7 Å². The third kappa shape index (κ3) is 5.54. The summed E-state index contributed by atoms with van der Waals surface area (Å²) in [6.45, 7) is -0.837. The standard InChI is InChI=1S/C11H11BrClF4N/c12-9-5-8(1-2-10(9)14)6-18(4-3-13)7-11(15,16)17/h1-2,5H,3-4,6-7H2. The van der Waals surface area contributed by atoms with E-state index in [9.17, 15) is 17.6 Å². The number of benzene rings is 1. The molecule has 0 saturated carbocycles. The highest BCUT2D eigenvalue weighted by Gasteiger charge is 2.30. The van der Waals surface area contributed by atoms with Crippen molar-refractivity contribution in [1.82, 2.24) is 4.90 Å². The molecule has 0 aliphatic heterocycles. The maximum absolute atomic E-state index is 13.0. The highest BCUT2D eigenvalue weighted by atomic mass is 79.9. The van der Waals surface area contributed by atoms with E-state index in [1.165, 1.54) is 23.1 Å². The zero-order valence-electron chi connectivity index (χ0n) is 9.28. The second-order valence-corrected chi connectivity index (χ2v) is 5.00. The topological polar surface area (TPSA) is 3.24 Å². The molecule has 0 amide bonds. The summed E-state index contributed by atoms with van der Waals surface area (Å²) < 4.78 is 50.2. The van der Waals surface area contributed by atoms with Gasteiger partial charge in [0.1, 0.15) is 5.82 Å². The molecule has 0 N–H and O–H groups in total. The third-order valence-electron chi connectivity index (χ3n) is 2.19. The summed E-state index contributed by atoms with van der Waals surface area (Å²) in [5.74, 6) is -0.336. The van der Waals surface area contributed by atoms with E-state index in [0.29, 0.717) is 5.56 Å². The third-order valence-corrected chi connectivity index (χ3v) is 2.97. The molecule has 0 spiro atoms. The van der Waals surface area contributed by atoms with Crippen molar-refractivity contribution >= 4 is 27.5 Å². The van der Waals surface area contributed by atoms with Crippen LogP contribution in [0.5, 0.6) is 0 Å². The zero-order chi connectivity index (χ0) is 13.8. The van der Waals surface area contributed by atoms with Gasteiger partial charge < -0.3 is 0 Å². The molecule has 7 heteroatoms. The normalized spacial score (nSPS) is 12.2. The molecule has 0 fully saturated rings. The Hall–Kier alpha value is -0.330. The number of hydrogen-bond donors (Lipinski definition) is 0. The number of rotatable bonds is 5. The first-order valence-electron chi connectivity index (χ1n) is 5.11. The van der Waals surface area contributed by atoms with E-state index in [-0.39, 0.29) is 23.4 Å². The molecule has 1 aromatic carbocycles. The number of nitrogens with zero attached hydrogens (tertiary/aromatic N) is 1. The van der Waals surface area contributed by atoms with Gasteiger partial charge in [0, 0.05) is 19.0 Å². The van der Waals surface area contributed by atoms with Crippen LogP contribution in [-0.4, -0.2) is 30.0 Å². The Bertz CT molecular complexity index is 397. The van der Waals surface area contributed by atoms with Crippen molar-refractivity contribution in [3.05, 3.63) is 34.1 Å². The fourth-order valence-electron chi connectivity index (χ4n) is 1.48. The van der Waals surface area contributed by atoms with Gasteiger partial charge in [-0.1, -0.05) is 6.07 Å². The number of halogens is 6. The lowest BCUT2D eigenvalue weighted by atomic mass is 10.2. The van der Waals surface area contributed by atoms with Gasteiger partial charge in [0.05, 0.1) is 11.0 Å².